The molecule has 118 valence electrons. The summed E-state index contributed by atoms with van der Waals surface area (Å²) in [6.07, 6.45) is 3.15. The van der Waals surface area contributed by atoms with Crippen molar-refractivity contribution in [1.82, 2.24) is 5.32 Å². The molecule has 21 heavy (non-hydrogen) atoms. The highest BCUT2D eigenvalue weighted by Crippen LogP contribution is 2.24. The Balaban J connectivity index is 0.00000220. The van der Waals surface area contributed by atoms with E-state index in [0.29, 0.717) is 13.0 Å². The minimum absolute atomic E-state index is 0. The quantitative estimate of drug-likeness (QED) is 0.873. The number of halogens is 2. The number of nitrogens with one attached hydrogen (secondary N) is 1. The number of ether oxygens (including phenoxy) is 1. The van der Waals surface area contributed by atoms with Gasteiger partial charge in [0.05, 0.1) is 7.11 Å². The standard InChI is InChI=1S/C15H21FN2O2.ClH/c1-20-14-5-2-10(8-13(14)16)6-7-18-15(19)11-3-4-12(17)9-11;/h2,5,8,11-12H,3-4,6-7,9,17H2,1H3,(H,18,19);1H. The topological polar surface area (TPSA) is 64.3 Å². The van der Waals surface area contributed by atoms with Crippen LogP contribution in [-0.4, -0.2) is 25.6 Å². The van der Waals surface area contributed by atoms with Crippen LogP contribution >= 0.6 is 12.4 Å². The zero-order chi connectivity index (χ0) is 14.5. The predicted molar refractivity (Wildman–Crippen MR) is 82.2 cm³/mol. The van der Waals surface area contributed by atoms with Crippen LogP contribution in [0.3, 0.4) is 0 Å². The monoisotopic (exact) mass is 316 g/mol. The van der Waals surface area contributed by atoms with Gasteiger partial charge in [-0.25, -0.2) is 4.39 Å². The summed E-state index contributed by atoms with van der Waals surface area (Å²) in [7, 11) is 1.44. The molecule has 0 bridgehead atoms. The van der Waals surface area contributed by atoms with Crippen LogP contribution in [0, 0.1) is 11.7 Å². The number of hydrogen-bond donors (Lipinski definition) is 2. The first-order valence-electron chi connectivity index (χ1n) is 6.96. The first kappa shape index (κ1) is 17.7. The van der Waals surface area contributed by atoms with E-state index in [0.717, 1.165) is 24.8 Å². The van der Waals surface area contributed by atoms with Crippen LogP contribution < -0.4 is 15.8 Å². The van der Waals surface area contributed by atoms with Gasteiger partial charge in [0.2, 0.25) is 5.91 Å². The van der Waals surface area contributed by atoms with Crippen LogP contribution in [0.4, 0.5) is 4.39 Å². The van der Waals surface area contributed by atoms with E-state index in [1.54, 1.807) is 12.1 Å². The van der Waals surface area contributed by atoms with Crippen LogP contribution in [-0.2, 0) is 11.2 Å². The lowest BCUT2D eigenvalue weighted by atomic mass is 10.1. The van der Waals surface area contributed by atoms with Gasteiger partial charge < -0.3 is 15.8 Å². The Bertz CT molecular complexity index is 485. The molecule has 1 aromatic carbocycles. The molecule has 3 N–H and O–H groups in total. The van der Waals surface area contributed by atoms with Crippen molar-refractivity contribution >= 4 is 18.3 Å². The van der Waals surface area contributed by atoms with Crippen LogP contribution in [0.1, 0.15) is 24.8 Å². The van der Waals surface area contributed by atoms with Gasteiger partial charge in [0.25, 0.3) is 0 Å². The average molecular weight is 317 g/mol. The van der Waals surface area contributed by atoms with Crippen molar-refractivity contribution in [3.05, 3.63) is 29.6 Å². The molecule has 0 heterocycles. The van der Waals surface area contributed by atoms with E-state index in [1.807, 2.05) is 0 Å². The summed E-state index contributed by atoms with van der Waals surface area (Å²) in [5.74, 6) is -0.0413. The second-order valence-electron chi connectivity index (χ2n) is 5.28. The maximum Gasteiger partial charge on any atom is 0.223 e. The van der Waals surface area contributed by atoms with Gasteiger partial charge in [-0.1, -0.05) is 6.07 Å². The number of carbonyl (C=O) groups excluding carboxylic acids is 1. The third-order valence-corrected chi connectivity index (χ3v) is 3.77. The lowest BCUT2D eigenvalue weighted by Gasteiger charge is -2.11. The molecule has 1 saturated carbocycles. The molecule has 1 aliphatic carbocycles. The Morgan fingerprint density at radius 1 is 1.48 bits per heavy atom. The fraction of sp³-hybridized carbons (Fsp3) is 0.533. The van der Waals surface area contributed by atoms with Gasteiger partial charge in [0, 0.05) is 18.5 Å². The van der Waals surface area contributed by atoms with Crippen molar-refractivity contribution in [2.45, 2.75) is 31.7 Å². The summed E-state index contributed by atoms with van der Waals surface area (Å²) in [5.41, 5.74) is 6.63. The zero-order valence-corrected chi connectivity index (χ0v) is 12.9. The van der Waals surface area contributed by atoms with E-state index in [4.69, 9.17) is 10.5 Å². The van der Waals surface area contributed by atoms with Crippen molar-refractivity contribution in [2.24, 2.45) is 11.7 Å². The van der Waals surface area contributed by atoms with E-state index < -0.39 is 0 Å². The number of amides is 1. The summed E-state index contributed by atoms with van der Waals surface area (Å²) in [5, 5.41) is 2.89. The summed E-state index contributed by atoms with van der Waals surface area (Å²) in [4.78, 5) is 11.9. The molecule has 6 heteroatoms. The molecule has 2 rings (SSSR count). The molecule has 2 atom stereocenters. The largest absolute Gasteiger partial charge is 0.494 e. The van der Waals surface area contributed by atoms with Crippen LogP contribution in [0.25, 0.3) is 0 Å². The van der Waals surface area contributed by atoms with Crippen molar-refractivity contribution < 1.29 is 13.9 Å². The van der Waals surface area contributed by atoms with Crippen molar-refractivity contribution in [3.8, 4) is 5.75 Å². The van der Waals surface area contributed by atoms with Crippen LogP contribution in [0.5, 0.6) is 5.75 Å². The Morgan fingerprint density at radius 3 is 2.81 bits per heavy atom. The minimum atomic E-state index is -0.377. The van der Waals surface area contributed by atoms with Gasteiger partial charge in [-0.3, -0.25) is 4.79 Å². The highest BCUT2D eigenvalue weighted by molar-refractivity contribution is 5.85. The molecular formula is C15H22ClFN2O2. The zero-order valence-electron chi connectivity index (χ0n) is 12.1. The third-order valence-electron chi connectivity index (χ3n) is 3.77. The lowest BCUT2D eigenvalue weighted by molar-refractivity contribution is -0.124. The van der Waals surface area contributed by atoms with Gasteiger partial charge in [0.1, 0.15) is 0 Å². The van der Waals surface area contributed by atoms with Gasteiger partial charge >= 0.3 is 0 Å². The second kappa shape index (κ2) is 8.20. The van der Waals surface area contributed by atoms with Crippen LogP contribution in [0.15, 0.2) is 18.2 Å². The van der Waals surface area contributed by atoms with E-state index in [2.05, 4.69) is 5.32 Å². The molecule has 1 amide bonds. The van der Waals surface area contributed by atoms with E-state index >= 15 is 0 Å². The molecule has 2 unspecified atom stereocenters. The second-order valence-corrected chi connectivity index (χ2v) is 5.28. The Kier molecular flexibility index (Phi) is 6.92. The van der Waals surface area contributed by atoms with E-state index in [9.17, 15) is 9.18 Å². The van der Waals surface area contributed by atoms with Gasteiger partial charge in [-0.2, -0.15) is 0 Å². The molecule has 0 spiro atoms. The van der Waals surface area contributed by atoms with Gasteiger partial charge in [-0.15, -0.1) is 12.4 Å². The van der Waals surface area contributed by atoms with E-state index in [1.165, 1.54) is 13.2 Å². The summed E-state index contributed by atoms with van der Waals surface area (Å²) < 4.78 is 18.4. The molecule has 1 fully saturated rings. The van der Waals surface area contributed by atoms with Crippen molar-refractivity contribution in [3.63, 3.8) is 0 Å². The summed E-state index contributed by atoms with van der Waals surface area (Å²) >= 11 is 0. The highest BCUT2D eigenvalue weighted by atomic mass is 35.5. The molecule has 0 saturated heterocycles. The number of methoxy groups -OCH3 is 1. The predicted octanol–water partition coefficient (Wildman–Crippen LogP) is 2.04. The average Bonchev–Trinajstić information content (AvgIpc) is 2.85. The molecule has 1 aromatic rings. The molecule has 4 nitrogen and oxygen atoms in total. The van der Waals surface area contributed by atoms with Crippen molar-refractivity contribution in [2.75, 3.05) is 13.7 Å². The third kappa shape index (κ3) is 4.86. The Hall–Kier alpha value is -1.33. The van der Waals surface area contributed by atoms with Crippen LogP contribution in [0.2, 0.25) is 0 Å². The lowest BCUT2D eigenvalue weighted by Crippen LogP contribution is -2.31. The first-order chi connectivity index (χ1) is 9.60. The first-order valence-corrected chi connectivity index (χ1v) is 6.96. The Morgan fingerprint density at radius 2 is 2.24 bits per heavy atom. The SMILES string of the molecule is COc1ccc(CCNC(=O)C2CCC(N)C2)cc1F.Cl. The summed E-state index contributed by atoms with van der Waals surface area (Å²) in [6, 6.07) is 5.00. The maximum absolute atomic E-state index is 13.5. The number of benzene rings is 1. The van der Waals surface area contributed by atoms with Crippen molar-refractivity contribution in [1.29, 1.82) is 0 Å². The maximum atomic E-state index is 13.5. The minimum Gasteiger partial charge on any atom is -0.494 e. The number of carbonyl (C=O) groups is 1. The smallest absolute Gasteiger partial charge is 0.223 e. The molecule has 0 radical (unpaired) electrons. The molecule has 1 aliphatic rings. The highest BCUT2D eigenvalue weighted by Gasteiger charge is 2.27. The van der Waals surface area contributed by atoms with E-state index in [-0.39, 0.29) is 41.8 Å². The number of rotatable bonds is 5. The Labute approximate surface area is 130 Å². The molecular weight excluding hydrogens is 295 g/mol. The molecule has 0 aromatic heterocycles. The molecule has 0 aliphatic heterocycles. The summed E-state index contributed by atoms with van der Waals surface area (Å²) in [6.45, 7) is 0.510. The van der Waals surface area contributed by atoms with Gasteiger partial charge in [-0.05, 0) is 43.4 Å². The van der Waals surface area contributed by atoms with Gasteiger partial charge in [0.15, 0.2) is 11.6 Å². The fourth-order valence-corrected chi connectivity index (χ4v) is 2.59. The fourth-order valence-electron chi connectivity index (χ4n) is 2.59. The number of hydrogen-bond acceptors (Lipinski definition) is 3. The number of nitrogens with two attached hydrogens (primary N) is 1. The normalized spacial score (nSPS) is 20.7.